The largest absolute Gasteiger partial charge is 0.482 e. The van der Waals surface area contributed by atoms with Gasteiger partial charge < -0.3 is 15.0 Å². The van der Waals surface area contributed by atoms with Gasteiger partial charge in [-0.1, -0.05) is 84.7 Å². The summed E-state index contributed by atoms with van der Waals surface area (Å²) >= 11 is 12.4. The monoisotopic (exact) mass is 512 g/mol. The second-order valence-electron chi connectivity index (χ2n) is 8.39. The third-order valence-electron chi connectivity index (χ3n) is 5.70. The molecule has 5 nitrogen and oxygen atoms in total. The zero-order valence-electron chi connectivity index (χ0n) is 19.9. The van der Waals surface area contributed by atoms with Crippen LogP contribution in [-0.2, 0) is 22.6 Å². The molecule has 0 aromatic heterocycles. The summed E-state index contributed by atoms with van der Waals surface area (Å²) in [5.41, 5.74) is 1.77. The lowest BCUT2D eigenvalue weighted by atomic mass is 10.0. The van der Waals surface area contributed by atoms with Gasteiger partial charge in [0.05, 0.1) is 5.02 Å². The summed E-state index contributed by atoms with van der Waals surface area (Å²) in [6.45, 7) is 3.90. The number of hydrogen-bond donors (Lipinski definition) is 1. The Kier molecular flexibility index (Phi) is 10.0. The highest BCUT2D eigenvalue weighted by Crippen LogP contribution is 2.24. The fourth-order valence-corrected chi connectivity index (χ4v) is 4.01. The third kappa shape index (κ3) is 8.01. The van der Waals surface area contributed by atoms with Gasteiger partial charge in [-0.2, -0.15) is 0 Å². The molecule has 1 N–H and O–H groups in total. The van der Waals surface area contributed by atoms with E-state index in [1.54, 1.807) is 41.3 Å². The fraction of sp³-hybridized carbons (Fsp3) is 0.286. The van der Waals surface area contributed by atoms with Crippen LogP contribution in [0.3, 0.4) is 0 Å². The van der Waals surface area contributed by atoms with E-state index in [0.29, 0.717) is 22.2 Å². The van der Waals surface area contributed by atoms with Gasteiger partial charge in [0, 0.05) is 24.0 Å². The van der Waals surface area contributed by atoms with E-state index in [4.69, 9.17) is 27.9 Å². The van der Waals surface area contributed by atoms with Gasteiger partial charge in [-0.15, -0.1) is 0 Å². The van der Waals surface area contributed by atoms with E-state index >= 15 is 0 Å². The minimum atomic E-state index is -0.743. The summed E-state index contributed by atoms with van der Waals surface area (Å²) in [6.07, 6.45) is 1.14. The van der Waals surface area contributed by atoms with E-state index < -0.39 is 6.04 Å². The van der Waals surface area contributed by atoms with Crippen molar-refractivity contribution in [2.45, 2.75) is 45.3 Å². The Morgan fingerprint density at radius 2 is 1.63 bits per heavy atom. The Morgan fingerprint density at radius 3 is 2.31 bits per heavy atom. The van der Waals surface area contributed by atoms with Gasteiger partial charge in [0.15, 0.2) is 6.61 Å². The van der Waals surface area contributed by atoms with Crippen molar-refractivity contribution < 1.29 is 14.3 Å². The molecule has 2 amide bonds. The molecule has 3 aromatic carbocycles. The fourth-order valence-electron chi connectivity index (χ4n) is 3.61. The number of benzene rings is 3. The van der Waals surface area contributed by atoms with Crippen LogP contribution in [0.4, 0.5) is 0 Å². The Labute approximate surface area is 217 Å². The van der Waals surface area contributed by atoms with Gasteiger partial charge in [-0.3, -0.25) is 9.59 Å². The van der Waals surface area contributed by atoms with E-state index in [0.717, 1.165) is 17.5 Å². The van der Waals surface area contributed by atoms with Gasteiger partial charge in [-0.25, -0.2) is 0 Å². The normalized spacial score (nSPS) is 12.5. The first-order valence-electron chi connectivity index (χ1n) is 11.6. The lowest BCUT2D eigenvalue weighted by molar-refractivity contribution is -0.143. The molecule has 0 saturated carbocycles. The molecule has 0 aliphatic rings. The summed E-state index contributed by atoms with van der Waals surface area (Å²) in [7, 11) is 0. The maximum Gasteiger partial charge on any atom is 0.261 e. The summed E-state index contributed by atoms with van der Waals surface area (Å²) in [6, 6.07) is 23.1. The highest BCUT2D eigenvalue weighted by Gasteiger charge is 2.31. The van der Waals surface area contributed by atoms with E-state index in [2.05, 4.69) is 5.32 Å². The second kappa shape index (κ2) is 13.2. The van der Waals surface area contributed by atoms with Crippen LogP contribution in [0.5, 0.6) is 5.75 Å². The second-order valence-corrected chi connectivity index (χ2v) is 9.24. The molecule has 0 saturated heterocycles. The number of hydrogen-bond acceptors (Lipinski definition) is 3. The van der Waals surface area contributed by atoms with Crippen molar-refractivity contribution in [3.8, 4) is 5.75 Å². The van der Waals surface area contributed by atoms with E-state index in [-0.39, 0.29) is 31.0 Å². The predicted molar refractivity (Wildman–Crippen MR) is 141 cm³/mol. The number of halogens is 2. The van der Waals surface area contributed by atoms with Gasteiger partial charge in [-0.05, 0) is 48.7 Å². The molecule has 35 heavy (non-hydrogen) atoms. The quantitative estimate of drug-likeness (QED) is 0.346. The number of nitrogens with zero attached hydrogens (tertiary/aromatic N) is 1. The molecule has 7 heteroatoms. The molecule has 0 bridgehead atoms. The summed E-state index contributed by atoms with van der Waals surface area (Å²) in [5, 5.41) is 4.02. The molecular formula is C28H30Cl2N2O3. The van der Waals surface area contributed by atoms with Crippen LogP contribution in [0.15, 0.2) is 78.9 Å². The van der Waals surface area contributed by atoms with Crippen LogP contribution in [0, 0.1) is 0 Å². The summed E-state index contributed by atoms with van der Waals surface area (Å²) in [4.78, 5) is 28.6. The summed E-state index contributed by atoms with van der Waals surface area (Å²) < 4.78 is 5.74. The Hall–Kier alpha value is -3.02. The van der Waals surface area contributed by atoms with Crippen LogP contribution < -0.4 is 10.1 Å². The predicted octanol–water partition coefficient (Wildman–Crippen LogP) is 5.93. The topological polar surface area (TPSA) is 58.6 Å². The molecular weight excluding hydrogens is 483 g/mol. The van der Waals surface area contributed by atoms with Crippen LogP contribution >= 0.6 is 23.2 Å². The molecule has 0 aliphatic heterocycles. The third-order valence-corrected chi connectivity index (χ3v) is 6.25. The maximum absolute atomic E-state index is 13.6. The number of ether oxygens (including phenoxy) is 1. The first kappa shape index (κ1) is 26.6. The number of carbonyl (C=O) groups excluding carboxylic acids is 2. The molecule has 2 atom stereocenters. The lowest BCUT2D eigenvalue weighted by Gasteiger charge is -2.32. The lowest BCUT2D eigenvalue weighted by Crippen LogP contribution is -2.53. The van der Waals surface area contributed by atoms with Crippen molar-refractivity contribution in [3.63, 3.8) is 0 Å². The number of rotatable bonds is 11. The molecule has 0 heterocycles. The first-order chi connectivity index (χ1) is 16.9. The SMILES string of the molecule is CC[C@H](C)NC(=O)[C@@H](Cc1ccccc1)N(Cc1cccc(Cl)c1)C(=O)COc1ccccc1Cl. The molecule has 0 fully saturated rings. The molecule has 3 aromatic rings. The number of amides is 2. The van der Waals surface area contributed by atoms with Gasteiger partial charge in [0.1, 0.15) is 11.8 Å². The molecule has 3 rings (SSSR count). The standard InChI is InChI=1S/C28H30Cl2N2O3/c1-3-20(2)31-28(34)25(17-21-10-5-4-6-11-21)32(18-22-12-9-13-23(29)16-22)27(33)19-35-26-15-8-7-14-24(26)30/h4-16,20,25H,3,17-19H2,1-2H3,(H,31,34)/t20-,25+/m0/s1. The molecule has 0 radical (unpaired) electrons. The zero-order valence-corrected chi connectivity index (χ0v) is 21.4. The minimum absolute atomic E-state index is 0.0247. The van der Waals surface area contributed by atoms with E-state index in [1.807, 2.05) is 56.3 Å². The Balaban J connectivity index is 1.92. The zero-order chi connectivity index (χ0) is 25.2. The summed E-state index contributed by atoms with van der Waals surface area (Å²) in [5.74, 6) is -0.129. The average Bonchev–Trinajstić information content (AvgIpc) is 2.86. The van der Waals surface area contributed by atoms with Crippen molar-refractivity contribution in [3.05, 3.63) is 100 Å². The number of carbonyl (C=O) groups is 2. The smallest absolute Gasteiger partial charge is 0.261 e. The minimum Gasteiger partial charge on any atom is -0.482 e. The van der Waals surface area contributed by atoms with E-state index in [9.17, 15) is 9.59 Å². The maximum atomic E-state index is 13.6. The molecule has 184 valence electrons. The van der Waals surface area contributed by atoms with Crippen molar-refractivity contribution in [1.29, 1.82) is 0 Å². The van der Waals surface area contributed by atoms with Crippen LogP contribution in [0.25, 0.3) is 0 Å². The number of para-hydroxylation sites is 1. The molecule has 0 aliphatic carbocycles. The average molecular weight is 513 g/mol. The van der Waals surface area contributed by atoms with Crippen molar-refractivity contribution in [1.82, 2.24) is 10.2 Å². The van der Waals surface area contributed by atoms with Crippen molar-refractivity contribution in [2.75, 3.05) is 6.61 Å². The molecule has 0 spiro atoms. The van der Waals surface area contributed by atoms with Crippen LogP contribution in [0.2, 0.25) is 10.0 Å². The van der Waals surface area contributed by atoms with Crippen LogP contribution in [-0.4, -0.2) is 35.4 Å². The van der Waals surface area contributed by atoms with Gasteiger partial charge in [0.25, 0.3) is 5.91 Å². The first-order valence-corrected chi connectivity index (χ1v) is 12.4. The number of nitrogens with one attached hydrogen (secondary N) is 1. The highest BCUT2D eigenvalue weighted by atomic mass is 35.5. The van der Waals surface area contributed by atoms with Gasteiger partial charge >= 0.3 is 0 Å². The van der Waals surface area contributed by atoms with Gasteiger partial charge in [0.2, 0.25) is 5.91 Å². The Bertz CT molecular complexity index is 1120. The van der Waals surface area contributed by atoms with Crippen molar-refractivity contribution in [2.24, 2.45) is 0 Å². The molecule has 0 unspecified atom stereocenters. The highest BCUT2D eigenvalue weighted by molar-refractivity contribution is 6.32. The van der Waals surface area contributed by atoms with E-state index in [1.165, 1.54) is 0 Å². The Morgan fingerprint density at radius 1 is 0.943 bits per heavy atom. The van der Waals surface area contributed by atoms with Crippen molar-refractivity contribution >= 4 is 35.0 Å². The van der Waals surface area contributed by atoms with Crippen LogP contribution in [0.1, 0.15) is 31.4 Å².